The molecule has 0 atom stereocenters. The van der Waals surface area contributed by atoms with Crippen LogP contribution >= 0.6 is 39.9 Å². The monoisotopic (exact) mass is 411 g/mol. The Balaban J connectivity index is 2.00. The van der Waals surface area contributed by atoms with E-state index in [4.69, 9.17) is 12.2 Å². The maximum Gasteiger partial charge on any atom is 0.270 e. The second kappa shape index (κ2) is 6.51. The van der Waals surface area contributed by atoms with E-state index in [0.717, 1.165) is 16.7 Å². The average molecular weight is 412 g/mol. The fourth-order valence-electron chi connectivity index (χ4n) is 2.07. The zero-order valence-corrected chi connectivity index (χ0v) is 14.6. The largest absolute Gasteiger partial charge is 0.270 e. The van der Waals surface area contributed by atoms with Crippen LogP contribution in [0.2, 0.25) is 0 Å². The van der Waals surface area contributed by atoms with E-state index < -0.39 is 17.5 Å². The highest BCUT2D eigenvalue weighted by atomic mass is 79.9. The zero-order valence-electron chi connectivity index (χ0n) is 11.4. The number of carbonyl (C=O) groups excluding carboxylic acids is 1. The molecule has 23 heavy (non-hydrogen) atoms. The summed E-state index contributed by atoms with van der Waals surface area (Å²) in [4.78, 5) is 13.9. The zero-order chi connectivity index (χ0) is 16.6. The van der Waals surface area contributed by atoms with Gasteiger partial charge in [0.25, 0.3) is 5.91 Å². The number of amides is 1. The van der Waals surface area contributed by atoms with Gasteiger partial charge in [0.05, 0.1) is 10.6 Å². The molecule has 1 saturated heterocycles. The van der Waals surface area contributed by atoms with Crippen LogP contribution in [0.15, 0.2) is 51.8 Å². The lowest BCUT2D eigenvalue weighted by Gasteiger charge is -2.14. The third kappa shape index (κ3) is 3.22. The molecule has 0 saturated carbocycles. The number of benzene rings is 2. The molecule has 1 aliphatic heterocycles. The molecule has 0 unspecified atom stereocenters. The quantitative estimate of drug-likeness (QED) is 0.504. The van der Waals surface area contributed by atoms with Crippen molar-refractivity contribution in [2.75, 3.05) is 4.90 Å². The van der Waals surface area contributed by atoms with Gasteiger partial charge in [-0.3, -0.25) is 9.69 Å². The first-order chi connectivity index (χ1) is 11.0. The molecule has 1 aliphatic rings. The predicted molar refractivity (Wildman–Crippen MR) is 96.2 cm³/mol. The number of hydrogen-bond donors (Lipinski definition) is 0. The molecule has 1 fully saturated rings. The highest BCUT2D eigenvalue weighted by Gasteiger charge is 2.34. The Hall–Kier alpha value is -1.57. The maximum atomic E-state index is 13.9. The number of rotatable bonds is 2. The van der Waals surface area contributed by atoms with Crippen molar-refractivity contribution in [3.8, 4) is 0 Å². The Morgan fingerprint density at radius 3 is 2.61 bits per heavy atom. The first-order valence-corrected chi connectivity index (χ1v) is 8.46. The van der Waals surface area contributed by atoms with Crippen molar-refractivity contribution in [1.29, 1.82) is 0 Å². The van der Waals surface area contributed by atoms with Gasteiger partial charge in [0.1, 0.15) is 11.6 Å². The normalized spacial score (nSPS) is 16.5. The molecule has 0 aromatic heterocycles. The Labute approximate surface area is 149 Å². The SMILES string of the molecule is O=C1/C(=C\c2cc(Br)ccc2F)SC(=S)N1c1ccccc1F. The molecule has 1 heterocycles. The number of thioether (sulfide) groups is 1. The minimum absolute atomic E-state index is 0.0908. The van der Waals surface area contributed by atoms with Crippen LogP contribution in [-0.4, -0.2) is 10.2 Å². The molecule has 0 spiro atoms. The third-order valence-corrected chi connectivity index (χ3v) is 4.93. The van der Waals surface area contributed by atoms with Gasteiger partial charge in [0.2, 0.25) is 0 Å². The number of halogens is 3. The molecule has 0 aliphatic carbocycles. The predicted octanol–water partition coefficient (Wildman–Crippen LogP) is 5.13. The second-order valence-corrected chi connectivity index (χ2v) is 7.23. The summed E-state index contributed by atoms with van der Waals surface area (Å²) in [6.45, 7) is 0. The molecule has 1 amide bonds. The molecule has 0 radical (unpaired) electrons. The van der Waals surface area contributed by atoms with Crippen LogP contribution < -0.4 is 4.90 Å². The summed E-state index contributed by atoms with van der Waals surface area (Å²) >= 11 is 9.44. The van der Waals surface area contributed by atoms with Gasteiger partial charge in [-0.25, -0.2) is 8.78 Å². The van der Waals surface area contributed by atoms with Crippen molar-refractivity contribution in [2.45, 2.75) is 0 Å². The summed E-state index contributed by atoms with van der Waals surface area (Å²) < 4.78 is 28.6. The van der Waals surface area contributed by atoms with Crippen molar-refractivity contribution in [2.24, 2.45) is 0 Å². The number of carbonyl (C=O) groups is 1. The van der Waals surface area contributed by atoms with Gasteiger partial charge >= 0.3 is 0 Å². The highest BCUT2D eigenvalue weighted by Crippen LogP contribution is 2.37. The van der Waals surface area contributed by atoms with Crippen molar-refractivity contribution >= 4 is 61.9 Å². The lowest BCUT2D eigenvalue weighted by Crippen LogP contribution is -2.28. The van der Waals surface area contributed by atoms with E-state index in [-0.39, 0.29) is 20.5 Å². The third-order valence-electron chi connectivity index (χ3n) is 3.13. The number of nitrogens with zero attached hydrogens (tertiary/aromatic N) is 1. The first-order valence-electron chi connectivity index (χ1n) is 6.45. The van der Waals surface area contributed by atoms with Crippen molar-refractivity contribution in [3.05, 3.63) is 69.0 Å². The van der Waals surface area contributed by atoms with E-state index in [1.165, 1.54) is 30.3 Å². The molecular weight excluding hydrogens is 404 g/mol. The van der Waals surface area contributed by atoms with Gasteiger partial charge in [0, 0.05) is 10.0 Å². The summed E-state index contributed by atoms with van der Waals surface area (Å²) in [7, 11) is 0. The van der Waals surface area contributed by atoms with Crippen molar-refractivity contribution < 1.29 is 13.6 Å². The molecule has 0 bridgehead atoms. The van der Waals surface area contributed by atoms with Crippen LogP contribution in [0.25, 0.3) is 6.08 Å². The Morgan fingerprint density at radius 2 is 1.87 bits per heavy atom. The Kier molecular flexibility index (Phi) is 4.61. The minimum Gasteiger partial charge on any atom is -0.268 e. The van der Waals surface area contributed by atoms with E-state index in [2.05, 4.69) is 15.9 Å². The molecule has 7 heteroatoms. The topological polar surface area (TPSA) is 20.3 Å². The lowest BCUT2D eigenvalue weighted by molar-refractivity contribution is -0.113. The van der Waals surface area contributed by atoms with E-state index >= 15 is 0 Å². The van der Waals surface area contributed by atoms with E-state index in [9.17, 15) is 13.6 Å². The average Bonchev–Trinajstić information content (AvgIpc) is 2.78. The van der Waals surface area contributed by atoms with Crippen LogP contribution in [0.3, 0.4) is 0 Å². The summed E-state index contributed by atoms with van der Waals surface area (Å²) in [6, 6.07) is 10.3. The Bertz CT molecular complexity index is 854. The fourth-order valence-corrected chi connectivity index (χ4v) is 3.73. The minimum atomic E-state index is -0.543. The number of para-hydroxylation sites is 1. The van der Waals surface area contributed by atoms with Gasteiger partial charge in [-0.1, -0.05) is 52.0 Å². The summed E-state index contributed by atoms with van der Waals surface area (Å²) in [5, 5.41) is 0. The van der Waals surface area contributed by atoms with Crippen LogP contribution in [0, 0.1) is 11.6 Å². The number of anilines is 1. The van der Waals surface area contributed by atoms with Gasteiger partial charge in [-0.05, 0) is 36.4 Å². The first kappa shape index (κ1) is 16.3. The molecule has 0 N–H and O–H groups in total. The smallest absolute Gasteiger partial charge is 0.268 e. The lowest BCUT2D eigenvalue weighted by atomic mass is 10.2. The molecule has 2 aromatic rings. The molecule has 2 nitrogen and oxygen atoms in total. The van der Waals surface area contributed by atoms with Crippen molar-refractivity contribution in [3.63, 3.8) is 0 Å². The molecule has 3 rings (SSSR count). The van der Waals surface area contributed by atoms with E-state index in [0.29, 0.717) is 4.47 Å². The number of hydrogen-bond acceptors (Lipinski definition) is 3. The van der Waals surface area contributed by atoms with Gasteiger partial charge < -0.3 is 0 Å². The molecule has 116 valence electrons. The van der Waals surface area contributed by atoms with Crippen LogP contribution in [0.1, 0.15) is 5.56 Å². The van der Waals surface area contributed by atoms with Gasteiger partial charge in [0.15, 0.2) is 4.32 Å². The maximum absolute atomic E-state index is 13.9. The summed E-state index contributed by atoms with van der Waals surface area (Å²) in [5.41, 5.74) is 0.349. The van der Waals surface area contributed by atoms with E-state index in [1.807, 2.05) is 0 Å². The summed E-state index contributed by atoms with van der Waals surface area (Å²) in [6.07, 6.45) is 1.42. The van der Waals surface area contributed by atoms with Crippen molar-refractivity contribution in [1.82, 2.24) is 0 Å². The fraction of sp³-hybridized carbons (Fsp3) is 0. The van der Waals surface area contributed by atoms with Gasteiger partial charge in [-0.2, -0.15) is 0 Å². The molecule has 2 aromatic carbocycles. The van der Waals surface area contributed by atoms with Gasteiger partial charge in [-0.15, -0.1) is 0 Å². The molecular formula is C16H8BrF2NOS2. The Morgan fingerprint density at radius 1 is 1.13 bits per heavy atom. The standard InChI is InChI=1S/C16H8BrF2NOS2/c17-10-5-6-11(18)9(7-10)8-14-15(21)20(16(22)23-14)13-4-2-1-3-12(13)19/h1-8H/b14-8+. The summed E-state index contributed by atoms with van der Waals surface area (Å²) in [5.74, 6) is -1.47. The number of thiocarbonyl (C=S) groups is 1. The van der Waals surface area contributed by atoms with Crippen LogP contribution in [-0.2, 0) is 4.79 Å². The highest BCUT2D eigenvalue weighted by molar-refractivity contribution is 9.10. The second-order valence-electron chi connectivity index (χ2n) is 4.63. The van der Waals surface area contributed by atoms with Crippen LogP contribution in [0.4, 0.5) is 14.5 Å². The van der Waals surface area contributed by atoms with Crippen LogP contribution in [0.5, 0.6) is 0 Å². The van der Waals surface area contributed by atoms with E-state index in [1.54, 1.807) is 18.2 Å².